The molecule has 26 heavy (non-hydrogen) atoms. The Morgan fingerprint density at radius 1 is 1.08 bits per heavy atom. The number of hydrogen-bond acceptors (Lipinski definition) is 6. The summed E-state index contributed by atoms with van der Waals surface area (Å²) in [6.07, 6.45) is 8.29. The average Bonchev–Trinajstić information content (AvgIpc) is 3.22. The van der Waals surface area contributed by atoms with Crippen LogP contribution in [0.4, 0.5) is 5.95 Å². The first kappa shape index (κ1) is 17.7. The largest absolute Gasteiger partial charge is 0.377 e. The van der Waals surface area contributed by atoms with Crippen LogP contribution in [0.1, 0.15) is 25.7 Å². The van der Waals surface area contributed by atoms with Crippen LogP contribution in [-0.2, 0) is 9.53 Å². The molecule has 3 fully saturated rings. The van der Waals surface area contributed by atoms with E-state index in [1.54, 1.807) is 12.4 Å². The molecule has 4 rings (SSSR count). The Hall–Kier alpha value is -1.73. The van der Waals surface area contributed by atoms with Crippen molar-refractivity contribution in [3.05, 3.63) is 18.5 Å². The number of aromatic nitrogens is 2. The number of amides is 1. The average molecular weight is 359 g/mol. The van der Waals surface area contributed by atoms with Gasteiger partial charge in [0.25, 0.3) is 0 Å². The summed E-state index contributed by atoms with van der Waals surface area (Å²) in [6.45, 7) is 7.19. The van der Waals surface area contributed by atoms with E-state index < -0.39 is 0 Å². The van der Waals surface area contributed by atoms with E-state index in [9.17, 15) is 4.79 Å². The van der Waals surface area contributed by atoms with E-state index in [0.29, 0.717) is 12.0 Å². The van der Waals surface area contributed by atoms with Gasteiger partial charge in [-0.25, -0.2) is 9.97 Å². The molecule has 4 heterocycles. The molecule has 0 saturated carbocycles. The Morgan fingerprint density at radius 3 is 2.62 bits per heavy atom. The molecule has 3 aliphatic heterocycles. The standard InChI is InChI=1S/C19H29N5O2/c25-18(16-4-1-8-24(14-16)19-20-6-3-7-21-19)23-11-9-22(10-12-23)15-17-5-2-13-26-17/h3,6-7,16-17H,1-2,4-5,8-15H2. The minimum Gasteiger partial charge on any atom is -0.377 e. The summed E-state index contributed by atoms with van der Waals surface area (Å²) in [5.74, 6) is 1.12. The highest BCUT2D eigenvalue weighted by molar-refractivity contribution is 5.79. The SMILES string of the molecule is O=C(C1CCCN(c2ncccn2)C1)N1CCN(CC2CCCO2)CC1. The van der Waals surface area contributed by atoms with Gasteiger partial charge in [0.2, 0.25) is 11.9 Å². The molecule has 1 amide bonds. The third-order valence-electron chi connectivity index (χ3n) is 5.78. The Balaban J connectivity index is 1.27. The zero-order valence-corrected chi connectivity index (χ0v) is 15.4. The van der Waals surface area contributed by atoms with E-state index in [-0.39, 0.29) is 5.92 Å². The van der Waals surface area contributed by atoms with Crippen LogP contribution in [0.3, 0.4) is 0 Å². The number of piperidine rings is 1. The van der Waals surface area contributed by atoms with Gasteiger partial charge >= 0.3 is 0 Å². The van der Waals surface area contributed by atoms with Crippen molar-refractivity contribution in [2.75, 3.05) is 57.3 Å². The highest BCUT2D eigenvalue weighted by Crippen LogP contribution is 2.22. The lowest BCUT2D eigenvalue weighted by Crippen LogP contribution is -2.53. The lowest BCUT2D eigenvalue weighted by atomic mass is 9.96. The molecule has 7 nitrogen and oxygen atoms in total. The van der Waals surface area contributed by atoms with E-state index in [2.05, 4.69) is 24.7 Å². The highest BCUT2D eigenvalue weighted by atomic mass is 16.5. The quantitative estimate of drug-likeness (QED) is 0.800. The summed E-state index contributed by atoms with van der Waals surface area (Å²) in [7, 11) is 0. The number of anilines is 1. The molecule has 3 saturated heterocycles. The molecule has 142 valence electrons. The summed E-state index contributed by atoms with van der Waals surface area (Å²) in [5.41, 5.74) is 0. The van der Waals surface area contributed by atoms with Gasteiger partial charge in [0, 0.05) is 64.8 Å². The van der Waals surface area contributed by atoms with E-state index in [4.69, 9.17) is 4.74 Å². The van der Waals surface area contributed by atoms with Crippen molar-refractivity contribution >= 4 is 11.9 Å². The fourth-order valence-electron chi connectivity index (χ4n) is 4.30. The summed E-state index contributed by atoms with van der Waals surface area (Å²) >= 11 is 0. The van der Waals surface area contributed by atoms with Crippen molar-refractivity contribution in [3.63, 3.8) is 0 Å². The van der Waals surface area contributed by atoms with Crippen LogP contribution in [0.5, 0.6) is 0 Å². The van der Waals surface area contributed by atoms with Crippen molar-refractivity contribution in [1.29, 1.82) is 0 Å². The fourth-order valence-corrected chi connectivity index (χ4v) is 4.30. The maximum Gasteiger partial charge on any atom is 0.227 e. The topological polar surface area (TPSA) is 61.8 Å². The van der Waals surface area contributed by atoms with Crippen LogP contribution in [0.25, 0.3) is 0 Å². The molecule has 0 spiro atoms. The number of carbonyl (C=O) groups is 1. The van der Waals surface area contributed by atoms with Crippen molar-refractivity contribution in [2.24, 2.45) is 5.92 Å². The van der Waals surface area contributed by atoms with Gasteiger partial charge in [-0.2, -0.15) is 0 Å². The second-order valence-electron chi connectivity index (χ2n) is 7.59. The van der Waals surface area contributed by atoms with Crippen LogP contribution in [-0.4, -0.2) is 84.2 Å². The summed E-state index contributed by atoms with van der Waals surface area (Å²) < 4.78 is 5.74. The Bertz CT molecular complexity index is 585. The number of nitrogens with zero attached hydrogens (tertiary/aromatic N) is 5. The van der Waals surface area contributed by atoms with Gasteiger partial charge in [0.15, 0.2) is 0 Å². The van der Waals surface area contributed by atoms with Crippen LogP contribution in [0, 0.1) is 5.92 Å². The van der Waals surface area contributed by atoms with E-state index >= 15 is 0 Å². The number of hydrogen-bond donors (Lipinski definition) is 0. The first-order chi connectivity index (χ1) is 12.8. The molecule has 0 radical (unpaired) electrons. The molecule has 0 aliphatic carbocycles. The molecular weight excluding hydrogens is 330 g/mol. The third-order valence-corrected chi connectivity index (χ3v) is 5.78. The van der Waals surface area contributed by atoms with Crippen LogP contribution in [0.15, 0.2) is 18.5 Å². The first-order valence-corrected chi connectivity index (χ1v) is 9.94. The van der Waals surface area contributed by atoms with Crippen molar-refractivity contribution < 1.29 is 9.53 Å². The van der Waals surface area contributed by atoms with Gasteiger partial charge in [0.05, 0.1) is 12.0 Å². The van der Waals surface area contributed by atoms with Crippen LogP contribution >= 0.6 is 0 Å². The van der Waals surface area contributed by atoms with Crippen LogP contribution in [0.2, 0.25) is 0 Å². The molecule has 0 N–H and O–H groups in total. The molecule has 0 bridgehead atoms. The minimum absolute atomic E-state index is 0.0669. The van der Waals surface area contributed by atoms with E-state index in [1.807, 2.05) is 6.07 Å². The lowest BCUT2D eigenvalue weighted by Gasteiger charge is -2.39. The number of ether oxygens (including phenoxy) is 1. The van der Waals surface area contributed by atoms with Gasteiger partial charge < -0.3 is 14.5 Å². The molecule has 7 heteroatoms. The second-order valence-corrected chi connectivity index (χ2v) is 7.59. The van der Waals surface area contributed by atoms with Crippen molar-refractivity contribution in [2.45, 2.75) is 31.8 Å². The molecular formula is C19H29N5O2. The van der Waals surface area contributed by atoms with Gasteiger partial charge in [-0.05, 0) is 31.7 Å². The first-order valence-electron chi connectivity index (χ1n) is 9.94. The van der Waals surface area contributed by atoms with E-state index in [1.165, 1.54) is 12.8 Å². The Kier molecular flexibility index (Phi) is 5.65. The number of carbonyl (C=O) groups excluding carboxylic acids is 1. The van der Waals surface area contributed by atoms with Crippen molar-refractivity contribution in [3.8, 4) is 0 Å². The monoisotopic (exact) mass is 359 g/mol. The molecule has 2 unspecified atom stereocenters. The lowest BCUT2D eigenvalue weighted by molar-refractivity contribution is -0.137. The molecule has 0 aromatic carbocycles. The highest BCUT2D eigenvalue weighted by Gasteiger charge is 2.32. The maximum atomic E-state index is 13.0. The normalized spacial score (nSPS) is 27.7. The van der Waals surface area contributed by atoms with Gasteiger partial charge in [-0.15, -0.1) is 0 Å². The van der Waals surface area contributed by atoms with Gasteiger partial charge in [-0.3, -0.25) is 9.69 Å². The van der Waals surface area contributed by atoms with E-state index in [0.717, 1.165) is 71.2 Å². The predicted molar refractivity (Wildman–Crippen MR) is 99.0 cm³/mol. The summed E-state index contributed by atoms with van der Waals surface area (Å²) in [6, 6.07) is 1.83. The maximum absolute atomic E-state index is 13.0. The molecule has 3 aliphatic rings. The molecule has 2 atom stereocenters. The van der Waals surface area contributed by atoms with Crippen molar-refractivity contribution in [1.82, 2.24) is 19.8 Å². The second kappa shape index (κ2) is 8.31. The minimum atomic E-state index is 0.0669. The summed E-state index contributed by atoms with van der Waals surface area (Å²) in [5, 5.41) is 0. The third kappa shape index (κ3) is 4.15. The Morgan fingerprint density at radius 2 is 1.88 bits per heavy atom. The number of piperazine rings is 1. The molecule has 1 aromatic heterocycles. The smallest absolute Gasteiger partial charge is 0.227 e. The Labute approximate surface area is 155 Å². The summed E-state index contributed by atoms with van der Waals surface area (Å²) in [4.78, 5) is 28.3. The zero-order valence-electron chi connectivity index (χ0n) is 15.4. The predicted octanol–water partition coefficient (Wildman–Crippen LogP) is 1.02. The zero-order chi connectivity index (χ0) is 17.8. The molecule has 1 aromatic rings. The van der Waals surface area contributed by atoms with Gasteiger partial charge in [0.1, 0.15) is 0 Å². The fraction of sp³-hybridized carbons (Fsp3) is 0.737. The number of rotatable bonds is 4. The van der Waals surface area contributed by atoms with Gasteiger partial charge in [-0.1, -0.05) is 0 Å². The van der Waals surface area contributed by atoms with Crippen LogP contribution < -0.4 is 4.90 Å².